The Morgan fingerprint density at radius 2 is 2.19 bits per heavy atom. The third-order valence-corrected chi connectivity index (χ3v) is 3.83. The van der Waals surface area contributed by atoms with Gasteiger partial charge >= 0.3 is 0 Å². The summed E-state index contributed by atoms with van der Waals surface area (Å²) in [5, 5.41) is 3.63. The summed E-state index contributed by atoms with van der Waals surface area (Å²) in [6.45, 7) is 1.92. The number of nitrogens with one attached hydrogen (secondary N) is 2. The normalized spacial score (nSPS) is 10.4. The van der Waals surface area contributed by atoms with Gasteiger partial charge in [0.05, 0.1) is 16.5 Å². The van der Waals surface area contributed by atoms with Crippen LogP contribution >= 0.6 is 23.4 Å². The summed E-state index contributed by atoms with van der Waals surface area (Å²) in [4.78, 5) is 30.1. The average molecular weight is 324 g/mol. The molecule has 0 fully saturated rings. The van der Waals surface area contributed by atoms with Gasteiger partial charge in [-0.15, -0.1) is 0 Å². The minimum atomic E-state index is -0.212. The van der Waals surface area contributed by atoms with Gasteiger partial charge < -0.3 is 10.3 Å². The van der Waals surface area contributed by atoms with Crippen LogP contribution in [0.25, 0.3) is 0 Å². The summed E-state index contributed by atoms with van der Waals surface area (Å²) in [5.74, 6) is -0.0703. The van der Waals surface area contributed by atoms with Crippen LogP contribution in [0.3, 0.4) is 0 Å². The first-order valence-electron chi connectivity index (χ1n) is 6.36. The molecule has 1 aromatic heterocycles. The summed E-state index contributed by atoms with van der Waals surface area (Å²) in [5.41, 5.74) is 1.05. The number of nitrogens with zero attached hydrogens (tertiary/aromatic N) is 1. The molecule has 0 aliphatic heterocycles. The maximum absolute atomic E-state index is 11.9. The first-order chi connectivity index (χ1) is 10.1. The van der Waals surface area contributed by atoms with Crippen LogP contribution < -0.4 is 10.9 Å². The predicted molar refractivity (Wildman–Crippen MR) is 85.0 cm³/mol. The number of thioether (sulfide) groups is 1. The number of anilines is 1. The van der Waals surface area contributed by atoms with E-state index in [2.05, 4.69) is 15.3 Å². The molecule has 7 heteroatoms. The van der Waals surface area contributed by atoms with Crippen molar-refractivity contribution < 1.29 is 4.79 Å². The van der Waals surface area contributed by atoms with Gasteiger partial charge in [-0.2, -0.15) is 0 Å². The van der Waals surface area contributed by atoms with Gasteiger partial charge in [0.25, 0.3) is 5.56 Å². The fourth-order valence-corrected chi connectivity index (χ4v) is 2.49. The minimum Gasteiger partial charge on any atom is -0.324 e. The fraction of sp³-hybridized carbons (Fsp3) is 0.214. The number of rotatable bonds is 5. The molecule has 0 spiro atoms. The molecule has 0 aliphatic rings. The number of aromatic amines is 1. The van der Waals surface area contributed by atoms with Crippen molar-refractivity contribution in [2.45, 2.75) is 18.5 Å². The molecule has 0 saturated heterocycles. The van der Waals surface area contributed by atoms with Crippen molar-refractivity contribution >= 4 is 35.0 Å². The number of aryl methyl sites for hydroxylation is 1. The van der Waals surface area contributed by atoms with Gasteiger partial charge in [-0.1, -0.05) is 42.4 Å². The van der Waals surface area contributed by atoms with Crippen LogP contribution in [0.5, 0.6) is 0 Å². The molecule has 0 saturated carbocycles. The van der Waals surface area contributed by atoms with E-state index >= 15 is 0 Å². The molecule has 0 radical (unpaired) electrons. The smallest absolute Gasteiger partial charge is 0.251 e. The lowest BCUT2D eigenvalue weighted by Gasteiger charge is -2.06. The van der Waals surface area contributed by atoms with E-state index in [0.29, 0.717) is 28.0 Å². The van der Waals surface area contributed by atoms with E-state index in [1.54, 1.807) is 24.3 Å². The summed E-state index contributed by atoms with van der Waals surface area (Å²) < 4.78 is 0. The summed E-state index contributed by atoms with van der Waals surface area (Å²) in [6, 6.07) is 8.46. The number of para-hydroxylation sites is 1. The zero-order valence-electron chi connectivity index (χ0n) is 11.4. The molecule has 0 bridgehead atoms. The standard InChI is InChI=1S/C14H14ClN3O2S/c1-2-9-7-12(19)18-14(16-9)21-8-13(20)17-11-6-4-3-5-10(11)15/h3-7H,2,8H2,1H3,(H,17,20)(H,16,18,19). The van der Waals surface area contributed by atoms with Gasteiger partial charge in [-0.25, -0.2) is 4.98 Å². The van der Waals surface area contributed by atoms with E-state index in [1.807, 2.05) is 6.92 Å². The minimum absolute atomic E-state index is 0.140. The highest BCUT2D eigenvalue weighted by Crippen LogP contribution is 2.21. The van der Waals surface area contributed by atoms with Crippen LogP contribution in [0.2, 0.25) is 5.02 Å². The number of benzene rings is 1. The molecular weight excluding hydrogens is 310 g/mol. The number of H-pyrrole nitrogens is 1. The van der Waals surface area contributed by atoms with Gasteiger partial charge in [-0.3, -0.25) is 9.59 Å². The highest BCUT2D eigenvalue weighted by Gasteiger charge is 2.08. The van der Waals surface area contributed by atoms with Crippen molar-refractivity contribution in [3.05, 3.63) is 51.4 Å². The fourth-order valence-electron chi connectivity index (χ4n) is 1.62. The molecule has 0 unspecified atom stereocenters. The molecule has 1 amide bonds. The Morgan fingerprint density at radius 3 is 2.90 bits per heavy atom. The maximum atomic E-state index is 11.9. The van der Waals surface area contributed by atoms with Crippen molar-refractivity contribution in [2.24, 2.45) is 0 Å². The monoisotopic (exact) mass is 323 g/mol. The van der Waals surface area contributed by atoms with Crippen molar-refractivity contribution in [1.82, 2.24) is 9.97 Å². The van der Waals surface area contributed by atoms with E-state index in [-0.39, 0.29) is 17.2 Å². The Bertz CT molecular complexity index is 703. The molecule has 1 heterocycles. The Morgan fingerprint density at radius 1 is 1.43 bits per heavy atom. The summed E-state index contributed by atoms with van der Waals surface area (Å²) in [7, 11) is 0. The van der Waals surface area contributed by atoms with E-state index in [0.717, 1.165) is 0 Å². The van der Waals surface area contributed by atoms with Gasteiger partial charge in [-0.05, 0) is 18.6 Å². The number of amides is 1. The number of carbonyl (C=O) groups excluding carboxylic acids is 1. The Labute approximate surface area is 131 Å². The summed E-state index contributed by atoms with van der Waals surface area (Å²) in [6.07, 6.45) is 0.670. The highest BCUT2D eigenvalue weighted by molar-refractivity contribution is 7.99. The number of halogens is 1. The quantitative estimate of drug-likeness (QED) is 0.655. The van der Waals surface area contributed by atoms with Gasteiger partial charge in [0.1, 0.15) is 0 Å². The van der Waals surface area contributed by atoms with Crippen molar-refractivity contribution in [1.29, 1.82) is 0 Å². The lowest BCUT2D eigenvalue weighted by molar-refractivity contribution is -0.113. The largest absolute Gasteiger partial charge is 0.324 e. The first kappa shape index (κ1) is 15.6. The maximum Gasteiger partial charge on any atom is 0.251 e. The molecule has 1 aromatic carbocycles. The molecule has 2 aromatic rings. The van der Waals surface area contributed by atoms with Crippen LogP contribution in [0.1, 0.15) is 12.6 Å². The molecule has 0 atom stereocenters. The Balaban J connectivity index is 1.97. The molecule has 2 rings (SSSR count). The Kier molecular flexibility index (Phi) is 5.41. The molecule has 21 heavy (non-hydrogen) atoms. The second kappa shape index (κ2) is 7.28. The lowest BCUT2D eigenvalue weighted by Crippen LogP contribution is -2.16. The van der Waals surface area contributed by atoms with E-state index < -0.39 is 0 Å². The van der Waals surface area contributed by atoms with Gasteiger partial charge in [0.15, 0.2) is 5.16 Å². The summed E-state index contributed by atoms with van der Waals surface area (Å²) >= 11 is 7.14. The Hall–Kier alpha value is -1.79. The highest BCUT2D eigenvalue weighted by atomic mass is 35.5. The SMILES string of the molecule is CCc1cc(=O)[nH]c(SCC(=O)Nc2ccccc2Cl)n1. The third-order valence-electron chi connectivity index (χ3n) is 2.62. The van der Waals surface area contributed by atoms with E-state index in [9.17, 15) is 9.59 Å². The molecule has 2 N–H and O–H groups in total. The van der Waals surface area contributed by atoms with Crippen LogP contribution in [-0.4, -0.2) is 21.6 Å². The molecule has 5 nitrogen and oxygen atoms in total. The van der Waals surface area contributed by atoms with Crippen molar-refractivity contribution in [2.75, 3.05) is 11.1 Å². The van der Waals surface area contributed by atoms with E-state index in [1.165, 1.54) is 17.8 Å². The van der Waals surface area contributed by atoms with E-state index in [4.69, 9.17) is 11.6 Å². The zero-order chi connectivity index (χ0) is 15.2. The van der Waals surface area contributed by atoms with Crippen LogP contribution in [0.15, 0.2) is 40.3 Å². The number of aromatic nitrogens is 2. The van der Waals surface area contributed by atoms with Crippen molar-refractivity contribution in [3.63, 3.8) is 0 Å². The van der Waals surface area contributed by atoms with Crippen LogP contribution in [0.4, 0.5) is 5.69 Å². The van der Waals surface area contributed by atoms with Crippen molar-refractivity contribution in [3.8, 4) is 0 Å². The van der Waals surface area contributed by atoms with Crippen LogP contribution in [-0.2, 0) is 11.2 Å². The predicted octanol–water partition coefficient (Wildman–Crippen LogP) is 2.72. The molecular formula is C14H14ClN3O2S. The third kappa shape index (κ3) is 4.61. The van der Waals surface area contributed by atoms with Crippen LogP contribution in [0, 0.1) is 0 Å². The molecule has 110 valence electrons. The number of hydrogen-bond donors (Lipinski definition) is 2. The topological polar surface area (TPSA) is 74.8 Å². The van der Waals surface area contributed by atoms with Gasteiger partial charge in [0, 0.05) is 11.8 Å². The second-order valence-corrected chi connectivity index (χ2v) is 5.58. The van der Waals surface area contributed by atoms with Gasteiger partial charge in [0.2, 0.25) is 5.91 Å². The average Bonchev–Trinajstić information content (AvgIpc) is 2.47. The lowest BCUT2D eigenvalue weighted by atomic mass is 10.3. The second-order valence-electron chi connectivity index (χ2n) is 4.21. The number of hydrogen-bond acceptors (Lipinski definition) is 4. The zero-order valence-corrected chi connectivity index (χ0v) is 12.9. The first-order valence-corrected chi connectivity index (χ1v) is 7.72. The number of carbonyl (C=O) groups is 1. The molecule has 0 aliphatic carbocycles.